The molecule has 4 heteroatoms. The summed E-state index contributed by atoms with van der Waals surface area (Å²) in [5.74, 6) is -1.45. The van der Waals surface area contributed by atoms with Crippen molar-refractivity contribution in [3.63, 3.8) is 0 Å². The molecule has 21 heavy (non-hydrogen) atoms. The standard InChI is InChI=1S/C17H12F2N2/c18-14-7-13(8-15(19)10-14)17(20)21-16-6-5-11-3-1-2-4-12(11)9-16/h1-10H,(H2,20,21). The highest BCUT2D eigenvalue weighted by atomic mass is 19.1. The van der Waals surface area contributed by atoms with Crippen LogP contribution in [0.2, 0.25) is 0 Å². The molecule has 2 nitrogen and oxygen atoms in total. The summed E-state index contributed by atoms with van der Waals surface area (Å²) in [6.07, 6.45) is 0. The lowest BCUT2D eigenvalue weighted by Crippen LogP contribution is -2.12. The normalized spacial score (nSPS) is 10.6. The molecule has 0 aliphatic heterocycles. The van der Waals surface area contributed by atoms with Crippen LogP contribution in [0.1, 0.15) is 5.56 Å². The first-order valence-corrected chi connectivity index (χ1v) is 6.43. The largest absolute Gasteiger partial charge is 0.340 e. The lowest BCUT2D eigenvalue weighted by molar-refractivity contribution is 0.583. The maximum atomic E-state index is 13.2. The van der Waals surface area contributed by atoms with E-state index in [0.717, 1.165) is 29.0 Å². The summed E-state index contributed by atoms with van der Waals surface area (Å²) in [7, 11) is 0. The van der Waals surface area contributed by atoms with Crippen molar-refractivity contribution < 1.29 is 8.78 Å². The zero-order chi connectivity index (χ0) is 14.8. The van der Waals surface area contributed by atoms with E-state index in [1.54, 1.807) is 0 Å². The Morgan fingerprint density at radius 3 is 2.19 bits per heavy atom. The van der Waals surface area contributed by atoms with Gasteiger partial charge in [-0.3, -0.25) is 5.41 Å². The molecule has 0 saturated heterocycles. The van der Waals surface area contributed by atoms with Crippen LogP contribution in [-0.4, -0.2) is 5.84 Å². The van der Waals surface area contributed by atoms with Gasteiger partial charge in [0.25, 0.3) is 0 Å². The quantitative estimate of drug-likeness (QED) is 0.524. The van der Waals surface area contributed by atoms with E-state index in [9.17, 15) is 8.78 Å². The second-order valence-electron chi connectivity index (χ2n) is 4.72. The van der Waals surface area contributed by atoms with Gasteiger partial charge in [-0.2, -0.15) is 0 Å². The number of rotatable bonds is 2. The number of benzene rings is 3. The zero-order valence-electron chi connectivity index (χ0n) is 11.0. The number of hydrogen-bond acceptors (Lipinski definition) is 1. The van der Waals surface area contributed by atoms with Crippen molar-refractivity contribution in [3.8, 4) is 0 Å². The van der Waals surface area contributed by atoms with E-state index < -0.39 is 11.6 Å². The van der Waals surface area contributed by atoms with Crippen molar-refractivity contribution >= 4 is 22.3 Å². The number of nitrogens with one attached hydrogen (secondary N) is 2. The minimum Gasteiger partial charge on any atom is -0.340 e. The molecule has 0 fully saturated rings. The fourth-order valence-corrected chi connectivity index (χ4v) is 2.18. The van der Waals surface area contributed by atoms with E-state index in [1.807, 2.05) is 42.5 Å². The molecule has 0 saturated carbocycles. The van der Waals surface area contributed by atoms with Crippen LogP contribution in [0.15, 0.2) is 60.7 Å². The molecule has 3 rings (SSSR count). The Kier molecular flexibility index (Phi) is 3.36. The van der Waals surface area contributed by atoms with Gasteiger partial charge < -0.3 is 5.32 Å². The van der Waals surface area contributed by atoms with E-state index >= 15 is 0 Å². The van der Waals surface area contributed by atoms with Gasteiger partial charge >= 0.3 is 0 Å². The number of halogens is 2. The Bertz CT molecular complexity index is 808. The predicted molar refractivity (Wildman–Crippen MR) is 80.8 cm³/mol. The van der Waals surface area contributed by atoms with Gasteiger partial charge in [0.1, 0.15) is 17.5 Å². The van der Waals surface area contributed by atoms with Gasteiger partial charge in [0.15, 0.2) is 0 Å². The lowest BCUT2D eigenvalue weighted by Gasteiger charge is -2.09. The van der Waals surface area contributed by atoms with Gasteiger partial charge in [-0.1, -0.05) is 30.3 Å². The van der Waals surface area contributed by atoms with E-state index in [2.05, 4.69) is 5.32 Å². The molecule has 0 bridgehead atoms. The van der Waals surface area contributed by atoms with E-state index in [1.165, 1.54) is 0 Å². The second kappa shape index (κ2) is 5.32. The molecule has 0 aromatic heterocycles. The Balaban J connectivity index is 1.88. The first kappa shape index (κ1) is 13.2. The minimum atomic E-state index is -0.699. The SMILES string of the molecule is N=C(Nc1ccc2ccccc2c1)c1cc(F)cc(F)c1. The van der Waals surface area contributed by atoms with Crippen LogP contribution in [0.5, 0.6) is 0 Å². The van der Waals surface area contributed by atoms with Crippen LogP contribution in [0.25, 0.3) is 10.8 Å². The van der Waals surface area contributed by atoms with Gasteiger partial charge in [0, 0.05) is 17.3 Å². The molecule has 3 aromatic rings. The minimum absolute atomic E-state index is 0.0521. The monoisotopic (exact) mass is 282 g/mol. The number of amidine groups is 1. The second-order valence-corrected chi connectivity index (χ2v) is 4.72. The molecule has 0 aliphatic rings. The smallest absolute Gasteiger partial charge is 0.130 e. The van der Waals surface area contributed by atoms with Crippen LogP contribution in [-0.2, 0) is 0 Å². The number of hydrogen-bond donors (Lipinski definition) is 2. The predicted octanol–water partition coefficient (Wildman–Crippen LogP) is 4.56. The van der Waals surface area contributed by atoms with Crippen LogP contribution >= 0.6 is 0 Å². The summed E-state index contributed by atoms with van der Waals surface area (Å²) in [5, 5.41) is 12.9. The summed E-state index contributed by atoms with van der Waals surface area (Å²) in [6, 6.07) is 16.5. The first-order valence-electron chi connectivity index (χ1n) is 6.43. The number of fused-ring (bicyclic) bond motifs is 1. The van der Waals surface area contributed by atoms with Crippen molar-refractivity contribution in [1.82, 2.24) is 0 Å². The molecule has 0 atom stereocenters. The first-order chi connectivity index (χ1) is 10.1. The van der Waals surface area contributed by atoms with E-state index in [0.29, 0.717) is 5.69 Å². The van der Waals surface area contributed by atoms with Gasteiger partial charge in [-0.25, -0.2) is 8.78 Å². The number of anilines is 1. The molecule has 2 N–H and O–H groups in total. The summed E-state index contributed by atoms with van der Waals surface area (Å²) >= 11 is 0. The molecular formula is C17H12F2N2. The molecule has 0 heterocycles. The fourth-order valence-electron chi connectivity index (χ4n) is 2.18. The van der Waals surface area contributed by atoms with Crippen molar-refractivity contribution in [2.75, 3.05) is 5.32 Å². The highest BCUT2D eigenvalue weighted by molar-refractivity contribution is 6.06. The maximum absolute atomic E-state index is 13.2. The summed E-state index contributed by atoms with van der Waals surface area (Å²) in [6.45, 7) is 0. The zero-order valence-corrected chi connectivity index (χ0v) is 11.0. The van der Waals surface area contributed by atoms with Gasteiger partial charge in [-0.05, 0) is 35.0 Å². The van der Waals surface area contributed by atoms with Crippen molar-refractivity contribution in [1.29, 1.82) is 5.41 Å². The highest BCUT2D eigenvalue weighted by Crippen LogP contribution is 2.19. The lowest BCUT2D eigenvalue weighted by atomic mass is 10.1. The third kappa shape index (κ3) is 2.89. The van der Waals surface area contributed by atoms with Gasteiger partial charge in [-0.15, -0.1) is 0 Å². The van der Waals surface area contributed by atoms with Crippen LogP contribution in [0.3, 0.4) is 0 Å². The molecule has 0 spiro atoms. The van der Waals surface area contributed by atoms with Crippen molar-refractivity contribution in [2.45, 2.75) is 0 Å². The highest BCUT2D eigenvalue weighted by Gasteiger charge is 2.06. The van der Waals surface area contributed by atoms with Gasteiger partial charge in [0.2, 0.25) is 0 Å². The maximum Gasteiger partial charge on any atom is 0.130 e. The average molecular weight is 282 g/mol. The average Bonchev–Trinajstić information content (AvgIpc) is 2.46. The third-order valence-corrected chi connectivity index (χ3v) is 3.17. The third-order valence-electron chi connectivity index (χ3n) is 3.17. The van der Waals surface area contributed by atoms with E-state index in [-0.39, 0.29) is 11.4 Å². The molecule has 0 amide bonds. The molecule has 0 unspecified atom stereocenters. The molecule has 0 aliphatic carbocycles. The van der Waals surface area contributed by atoms with Crippen molar-refractivity contribution in [3.05, 3.63) is 77.9 Å². The van der Waals surface area contributed by atoms with Crippen molar-refractivity contribution in [2.24, 2.45) is 0 Å². The summed E-state index contributed by atoms with van der Waals surface area (Å²) in [4.78, 5) is 0. The molecule has 3 aromatic carbocycles. The van der Waals surface area contributed by atoms with E-state index in [4.69, 9.17) is 5.41 Å². The summed E-state index contributed by atoms with van der Waals surface area (Å²) in [5.41, 5.74) is 0.865. The van der Waals surface area contributed by atoms with Gasteiger partial charge in [0.05, 0.1) is 0 Å². The molecule has 104 valence electrons. The molecular weight excluding hydrogens is 270 g/mol. The Hall–Kier alpha value is -2.75. The van der Waals surface area contributed by atoms with Crippen LogP contribution in [0, 0.1) is 17.0 Å². The fraction of sp³-hybridized carbons (Fsp3) is 0. The van der Waals surface area contributed by atoms with Crippen LogP contribution in [0.4, 0.5) is 14.5 Å². The molecule has 0 radical (unpaired) electrons. The summed E-state index contributed by atoms with van der Waals surface area (Å²) < 4.78 is 26.3. The van der Waals surface area contributed by atoms with Crippen LogP contribution < -0.4 is 5.32 Å². The topological polar surface area (TPSA) is 35.9 Å². The Morgan fingerprint density at radius 2 is 1.48 bits per heavy atom. The Morgan fingerprint density at radius 1 is 0.810 bits per heavy atom. The Labute approximate surface area is 120 Å².